The van der Waals surface area contributed by atoms with E-state index in [1.807, 2.05) is 31.2 Å². The standard InChI is InChI=1S/C19H22N4O.2ClH/c1-3-23-17-7-5-4-6-16(17)22-18(23)10-11-21-19(24)15-12-14(20)9-8-13(15)2;;/h4-9,12H,3,10-11,20H2,1-2H3,(H,21,24);2*1H. The second kappa shape index (κ2) is 9.46. The minimum atomic E-state index is -0.0982. The van der Waals surface area contributed by atoms with E-state index < -0.39 is 0 Å². The minimum Gasteiger partial charge on any atom is -0.399 e. The number of hydrogen-bond donors (Lipinski definition) is 2. The highest BCUT2D eigenvalue weighted by atomic mass is 35.5. The number of nitrogens with two attached hydrogens (primary N) is 1. The van der Waals surface area contributed by atoms with Crippen LogP contribution in [0.5, 0.6) is 0 Å². The number of imidazole rings is 1. The van der Waals surface area contributed by atoms with Crippen molar-refractivity contribution in [3.05, 3.63) is 59.4 Å². The Kier molecular flexibility index (Phi) is 7.93. The van der Waals surface area contributed by atoms with Crippen molar-refractivity contribution in [2.24, 2.45) is 0 Å². The van der Waals surface area contributed by atoms with Gasteiger partial charge in [0.05, 0.1) is 11.0 Å². The zero-order chi connectivity index (χ0) is 17.1. The van der Waals surface area contributed by atoms with Crippen LogP contribution in [0.15, 0.2) is 42.5 Å². The monoisotopic (exact) mass is 394 g/mol. The van der Waals surface area contributed by atoms with Crippen molar-refractivity contribution in [3.8, 4) is 0 Å². The molecule has 5 nitrogen and oxygen atoms in total. The van der Waals surface area contributed by atoms with Gasteiger partial charge in [-0.2, -0.15) is 0 Å². The molecule has 3 aromatic rings. The summed E-state index contributed by atoms with van der Waals surface area (Å²) in [4.78, 5) is 17.0. The van der Waals surface area contributed by atoms with Crippen molar-refractivity contribution in [3.63, 3.8) is 0 Å². The molecular formula is C19H24Cl2N4O. The summed E-state index contributed by atoms with van der Waals surface area (Å²) in [6, 6.07) is 13.5. The van der Waals surface area contributed by atoms with E-state index in [4.69, 9.17) is 5.73 Å². The lowest BCUT2D eigenvalue weighted by Crippen LogP contribution is -2.27. The molecule has 0 atom stereocenters. The number of carbonyl (C=O) groups excluding carboxylic acids is 1. The minimum absolute atomic E-state index is 0. The summed E-state index contributed by atoms with van der Waals surface area (Å²) in [7, 11) is 0. The maximum atomic E-state index is 12.3. The SMILES string of the molecule is CCn1c(CCNC(=O)c2cc(N)ccc2C)nc2ccccc21.Cl.Cl. The number of nitrogens with zero attached hydrogens (tertiary/aromatic N) is 2. The number of fused-ring (bicyclic) bond motifs is 1. The van der Waals surface area contributed by atoms with Gasteiger partial charge in [-0.15, -0.1) is 24.8 Å². The van der Waals surface area contributed by atoms with Gasteiger partial charge in [0.15, 0.2) is 0 Å². The quantitative estimate of drug-likeness (QED) is 0.646. The number of hydrogen-bond acceptors (Lipinski definition) is 3. The van der Waals surface area contributed by atoms with Gasteiger partial charge < -0.3 is 15.6 Å². The van der Waals surface area contributed by atoms with Crippen LogP contribution in [0.25, 0.3) is 11.0 Å². The first kappa shape index (κ1) is 21.8. The smallest absolute Gasteiger partial charge is 0.251 e. The zero-order valence-electron chi connectivity index (χ0n) is 14.9. The van der Waals surface area contributed by atoms with Crippen molar-refractivity contribution < 1.29 is 4.79 Å². The van der Waals surface area contributed by atoms with E-state index in [2.05, 4.69) is 27.9 Å². The van der Waals surface area contributed by atoms with Crippen LogP contribution >= 0.6 is 24.8 Å². The van der Waals surface area contributed by atoms with Crippen molar-refractivity contribution in [2.75, 3.05) is 12.3 Å². The Morgan fingerprint density at radius 3 is 2.65 bits per heavy atom. The van der Waals surface area contributed by atoms with E-state index in [9.17, 15) is 4.79 Å². The Morgan fingerprint density at radius 1 is 1.19 bits per heavy atom. The molecule has 7 heteroatoms. The van der Waals surface area contributed by atoms with Crippen LogP contribution < -0.4 is 11.1 Å². The molecule has 0 radical (unpaired) electrons. The molecule has 0 fully saturated rings. The molecule has 0 aliphatic rings. The second-order valence-corrected chi connectivity index (χ2v) is 5.84. The van der Waals surface area contributed by atoms with Crippen molar-refractivity contribution in [1.29, 1.82) is 0 Å². The van der Waals surface area contributed by atoms with Crippen LogP contribution in [0, 0.1) is 6.92 Å². The normalized spacial score (nSPS) is 10.1. The van der Waals surface area contributed by atoms with Gasteiger partial charge in [-0.25, -0.2) is 4.98 Å². The molecule has 1 amide bonds. The molecule has 3 rings (SSSR count). The first-order valence-electron chi connectivity index (χ1n) is 8.18. The average molecular weight is 395 g/mol. The van der Waals surface area contributed by atoms with Crippen molar-refractivity contribution in [1.82, 2.24) is 14.9 Å². The number of para-hydroxylation sites is 2. The summed E-state index contributed by atoms with van der Waals surface area (Å²) in [5.41, 5.74) is 10.0. The largest absolute Gasteiger partial charge is 0.399 e. The fourth-order valence-electron chi connectivity index (χ4n) is 2.94. The molecule has 0 spiro atoms. The van der Waals surface area contributed by atoms with Gasteiger partial charge in [-0.3, -0.25) is 4.79 Å². The van der Waals surface area contributed by atoms with Crippen molar-refractivity contribution in [2.45, 2.75) is 26.8 Å². The van der Waals surface area contributed by atoms with Gasteiger partial charge in [0.1, 0.15) is 5.82 Å². The molecule has 0 aliphatic heterocycles. The second-order valence-electron chi connectivity index (χ2n) is 5.84. The molecule has 0 unspecified atom stereocenters. The van der Waals surface area contributed by atoms with Crippen molar-refractivity contribution >= 4 is 47.4 Å². The number of benzene rings is 2. The maximum Gasteiger partial charge on any atom is 0.251 e. The van der Waals surface area contributed by atoms with Crippen LogP contribution in [-0.2, 0) is 13.0 Å². The Balaban J connectivity index is 0.00000169. The van der Waals surface area contributed by atoms with Crippen LogP contribution in [0.3, 0.4) is 0 Å². The van der Waals surface area contributed by atoms with E-state index in [1.165, 1.54) is 0 Å². The Morgan fingerprint density at radius 2 is 1.92 bits per heavy atom. The predicted octanol–water partition coefficient (Wildman–Crippen LogP) is 3.76. The molecule has 26 heavy (non-hydrogen) atoms. The Hall–Kier alpha value is -2.24. The summed E-state index contributed by atoms with van der Waals surface area (Å²) in [5, 5.41) is 2.96. The Labute approximate surface area is 165 Å². The number of nitrogen functional groups attached to an aromatic ring is 1. The first-order chi connectivity index (χ1) is 11.6. The first-order valence-corrected chi connectivity index (χ1v) is 8.18. The molecule has 0 aliphatic carbocycles. The van der Waals surface area contributed by atoms with E-state index in [0.29, 0.717) is 24.2 Å². The molecule has 1 heterocycles. The van der Waals surface area contributed by atoms with Gasteiger partial charge in [0.25, 0.3) is 5.91 Å². The lowest BCUT2D eigenvalue weighted by atomic mass is 10.1. The summed E-state index contributed by atoms with van der Waals surface area (Å²) < 4.78 is 2.19. The van der Waals surface area contributed by atoms with Gasteiger partial charge >= 0.3 is 0 Å². The number of anilines is 1. The topological polar surface area (TPSA) is 72.9 Å². The molecule has 1 aromatic heterocycles. The fourth-order valence-corrected chi connectivity index (χ4v) is 2.94. The summed E-state index contributed by atoms with van der Waals surface area (Å²) in [6.07, 6.45) is 0.690. The lowest BCUT2D eigenvalue weighted by molar-refractivity contribution is 0.0953. The van der Waals surface area contributed by atoms with E-state index >= 15 is 0 Å². The zero-order valence-corrected chi connectivity index (χ0v) is 16.5. The molecular weight excluding hydrogens is 371 g/mol. The van der Waals surface area contributed by atoms with Gasteiger partial charge in [-0.05, 0) is 43.7 Å². The highest BCUT2D eigenvalue weighted by Gasteiger charge is 2.11. The molecule has 3 N–H and O–H groups in total. The van der Waals surface area contributed by atoms with Gasteiger partial charge in [0.2, 0.25) is 0 Å². The predicted molar refractivity (Wildman–Crippen MR) is 112 cm³/mol. The highest BCUT2D eigenvalue weighted by molar-refractivity contribution is 5.96. The molecule has 140 valence electrons. The van der Waals surface area contributed by atoms with E-state index in [0.717, 1.165) is 29.0 Å². The number of halogens is 2. The summed E-state index contributed by atoms with van der Waals surface area (Å²) in [5.74, 6) is 0.891. The molecule has 2 aromatic carbocycles. The third kappa shape index (κ3) is 4.48. The van der Waals surface area contributed by atoms with E-state index in [1.54, 1.807) is 12.1 Å². The fraction of sp³-hybridized carbons (Fsp3) is 0.263. The number of amides is 1. The van der Waals surface area contributed by atoms with Crippen LogP contribution in [0.2, 0.25) is 0 Å². The van der Waals surface area contributed by atoms with Crippen LogP contribution in [-0.4, -0.2) is 22.0 Å². The van der Waals surface area contributed by atoms with Crippen LogP contribution in [0.4, 0.5) is 5.69 Å². The highest BCUT2D eigenvalue weighted by Crippen LogP contribution is 2.16. The third-order valence-electron chi connectivity index (χ3n) is 4.19. The van der Waals surface area contributed by atoms with Gasteiger partial charge in [-0.1, -0.05) is 18.2 Å². The number of carbonyl (C=O) groups is 1. The molecule has 0 bridgehead atoms. The maximum absolute atomic E-state index is 12.3. The van der Waals surface area contributed by atoms with Gasteiger partial charge in [0, 0.05) is 30.8 Å². The lowest BCUT2D eigenvalue weighted by Gasteiger charge is -2.09. The Bertz CT molecular complexity index is 892. The molecule has 0 saturated heterocycles. The summed E-state index contributed by atoms with van der Waals surface area (Å²) in [6.45, 7) is 5.41. The third-order valence-corrected chi connectivity index (χ3v) is 4.19. The van der Waals surface area contributed by atoms with E-state index in [-0.39, 0.29) is 30.7 Å². The number of aromatic nitrogens is 2. The number of rotatable bonds is 5. The average Bonchev–Trinajstić information content (AvgIpc) is 2.94. The molecule has 0 saturated carbocycles. The van der Waals surface area contributed by atoms with Crippen LogP contribution in [0.1, 0.15) is 28.7 Å². The summed E-state index contributed by atoms with van der Waals surface area (Å²) >= 11 is 0. The number of nitrogens with one attached hydrogen (secondary N) is 1. The number of aryl methyl sites for hydroxylation is 2.